The molecule has 2 aromatic heterocycles. The van der Waals surface area contributed by atoms with Gasteiger partial charge in [-0.1, -0.05) is 18.2 Å². The first-order valence-corrected chi connectivity index (χ1v) is 11.6. The van der Waals surface area contributed by atoms with Gasteiger partial charge in [-0.15, -0.1) is 0 Å². The smallest absolute Gasteiger partial charge is 0.210 e. The maximum absolute atomic E-state index is 13.1. The van der Waals surface area contributed by atoms with Crippen LogP contribution in [0.1, 0.15) is 25.7 Å². The zero-order valence-corrected chi connectivity index (χ0v) is 16.9. The Morgan fingerprint density at radius 3 is 2.55 bits per heavy atom. The number of ether oxygens (including phenoxy) is 1. The Morgan fingerprint density at radius 2 is 1.83 bits per heavy atom. The van der Waals surface area contributed by atoms with Crippen LogP contribution in [0, 0.1) is 5.92 Å². The summed E-state index contributed by atoms with van der Waals surface area (Å²) < 4.78 is 32.2. The lowest BCUT2D eigenvalue weighted by molar-refractivity contribution is 0.0304. The molecule has 1 saturated heterocycles. The maximum Gasteiger partial charge on any atom is 0.210 e. The predicted molar refractivity (Wildman–Crippen MR) is 110 cm³/mol. The van der Waals surface area contributed by atoms with E-state index in [1.54, 1.807) is 30.3 Å². The van der Waals surface area contributed by atoms with Gasteiger partial charge in [-0.05, 0) is 43.7 Å². The molecule has 1 aliphatic heterocycles. The summed E-state index contributed by atoms with van der Waals surface area (Å²) in [5, 5.41) is 0. The highest BCUT2D eigenvalue weighted by Gasteiger charge is 2.28. The van der Waals surface area contributed by atoms with E-state index >= 15 is 0 Å². The van der Waals surface area contributed by atoms with Gasteiger partial charge in [0.2, 0.25) is 9.84 Å². The molecule has 0 atom stereocenters. The van der Waals surface area contributed by atoms with Crippen LogP contribution in [0.5, 0.6) is 0 Å². The molecule has 1 aliphatic carbocycles. The van der Waals surface area contributed by atoms with Gasteiger partial charge in [0.15, 0.2) is 5.82 Å². The molecule has 2 aliphatic rings. The van der Waals surface area contributed by atoms with Gasteiger partial charge in [-0.2, -0.15) is 0 Å². The average molecular weight is 413 g/mol. The van der Waals surface area contributed by atoms with Crippen molar-refractivity contribution in [3.63, 3.8) is 0 Å². The molecule has 29 heavy (non-hydrogen) atoms. The molecule has 0 radical (unpaired) electrons. The molecule has 152 valence electrons. The van der Waals surface area contributed by atoms with Gasteiger partial charge < -0.3 is 14.6 Å². The molecule has 1 N–H and O–H groups in total. The normalized spacial score (nSPS) is 18.4. The van der Waals surface area contributed by atoms with Crippen molar-refractivity contribution in [2.75, 3.05) is 24.6 Å². The van der Waals surface area contributed by atoms with E-state index < -0.39 is 9.84 Å². The summed E-state index contributed by atoms with van der Waals surface area (Å²) in [6.07, 6.45) is 7.80. The Balaban J connectivity index is 1.39. The second-order valence-electron chi connectivity index (χ2n) is 7.85. The number of rotatable bonds is 6. The molecular formula is C21H24N4O3S. The van der Waals surface area contributed by atoms with Crippen LogP contribution in [-0.4, -0.2) is 49.2 Å². The number of nitrogens with zero attached hydrogens (tertiary/aromatic N) is 3. The Bertz CT molecular complexity index is 1100. The Labute approximate surface area is 170 Å². The van der Waals surface area contributed by atoms with Crippen LogP contribution in [0.25, 0.3) is 11.0 Å². The topological polar surface area (TPSA) is 88.2 Å². The van der Waals surface area contributed by atoms with E-state index in [-0.39, 0.29) is 9.79 Å². The number of anilines is 1. The minimum Gasteiger partial charge on any atom is -0.378 e. The summed E-state index contributed by atoms with van der Waals surface area (Å²) >= 11 is 0. The zero-order chi connectivity index (χ0) is 19.8. The van der Waals surface area contributed by atoms with E-state index in [1.807, 2.05) is 0 Å². The minimum absolute atomic E-state index is 0.185. The van der Waals surface area contributed by atoms with Crippen molar-refractivity contribution in [2.45, 2.75) is 41.6 Å². The van der Waals surface area contributed by atoms with Gasteiger partial charge in [0.1, 0.15) is 22.3 Å². The highest BCUT2D eigenvalue weighted by molar-refractivity contribution is 7.91. The first-order valence-electron chi connectivity index (χ1n) is 10.1. The second-order valence-corrected chi connectivity index (χ2v) is 9.77. The fourth-order valence-corrected chi connectivity index (χ4v) is 5.26. The van der Waals surface area contributed by atoms with Crippen molar-refractivity contribution in [1.82, 2.24) is 15.0 Å². The van der Waals surface area contributed by atoms with E-state index in [2.05, 4.69) is 19.9 Å². The van der Waals surface area contributed by atoms with E-state index in [0.29, 0.717) is 17.1 Å². The number of hydrogen-bond donors (Lipinski definition) is 1. The first-order chi connectivity index (χ1) is 14.1. The summed E-state index contributed by atoms with van der Waals surface area (Å²) in [6, 6.07) is 8.44. The third-order valence-corrected chi connectivity index (χ3v) is 7.54. The van der Waals surface area contributed by atoms with Gasteiger partial charge in [0.25, 0.3) is 0 Å². The number of sulfone groups is 1. The van der Waals surface area contributed by atoms with Crippen molar-refractivity contribution in [3.05, 3.63) is 42.9 Å². The molecule has 8 heteroatoms. The van der Waals surface area contributed by atoms with Gasteiger partial charge in [0, 0.05) is 25.9 Å². The molecule has 1 aromatic carbocycles. The molecule has 0 spiro atoms. The summed E-state index contributed by atoms with van der Waals surface area (Å²) in [6.45, 7) is 2.56. The summed E-state index contributed by atoms with van der Waals surface area (Å²) in [5.41, 5.74) is 1.10. The van der Waals surface area contributed by atoms with Crippen LogP contribution in [0.4, 0.5) is 5.82 Å². The van der Waals surface area contributed by atoms with Gasteiger partial charge in [-0.3, -0.25) is 0 Å². The number of aromatic nitrogens is 3. The van der Waals surface area contributed by atoms with Crippen molar-refractivity contribution in [1.29, 1.82) is 0 Å². The van der Waals surface area contributed by atoms with Crippen LogP contribution >= 0.6 is 0 Å². The Kier molecular flexibility index (Phi) is 4.75. The summed E-state index contributed by atoms with van der Waals surface area (Å²) in [7, 11) is -3.65. The molecule has 0 bridgehead atoms. The number of benzene rings is 1. The second kappa shape index (κ2) is 7.42. The van der Waals surface area contributed by atoms with Crippen molar-refractivity contribution < 1.29 is 13.2 Å². The molecular weight excluding hydrogens is 388 g/mol. The zero-order valence-electron chi connectivity index (χ0n) is 16.1. The van der Waals surface area contributed by atoms with E-state index in [0.717, 1.165) is 44.3 Å². The van der Waals surface area contributed by atoms with Crippen LogP contribution in [-0.2, 0) is 14.6 Å². The molecule has 5 rings (SSSR count). The SMILES string of the molecule is O=S(=O)(c1ccccc1)c1c[nH]c2c(N3CCC(OCC4CC4)CC3)ncnc12. The lowest BCUT2D eigenvalue weighted by Gasteiger charge is -2.32. The van der Waals surface area contributed by atoms with E-state index in [1.165, 1.54) is 25.4 Å². The van der Waals surface area contributed by atoms with Crippen LogP contribution < -0.4 is 4.90 Å². The van der Waals surface area contributed by atoms with Crippen LogP contribution in [0.2, 0.25) is 0 Å². The largest absolute Gasteiger partial charge is 0.378 e. The number of piperidine rings is 1. The number of fused-ring (bicyclic) bond motifs is 1. The Morgan fingerprint density at radius 1 is 1.07 bits per heavy atom. The molecule has 2 fully saturated rings. The van der Waals surface area contributed by atoms with Crippen molar-refractivity contribution >= 4 is 26.7 Å². The number of nitrogens with one attached hydrogen (secondary N) is 1. The van der Waals surface area contributed by atoms with E-state index in [4.69, 9.17) is 4.74 Å². The first kappa shape index (κ1) is 18.6. The van der Waals surface area contributed by atoms with E-state index in [9.17, 15) is 8.42 Å². The van der Waals surface area contributed by atoms with Gasteiger partial charge >= 0.3 is 0 Å². The molecule has 1 saturated carbocycles. The standard InChI is InChI=1S/C21H24N4O3S/c26-29(27,17-4-2-1-3-5-17)18-12-22-20-19(18)23-14-24-21(20)25-10-8-16(9-11-25)28-13-15-6-7-15/h1-5,12,14-16,22H,6-11,13H2. The molecule has 3 heterocycles. The maximum atomic E-state index is 13.1. The predicted octanol–water partition coefficient (Wildman–Crippen LogP) is 3.19. The third-order valence-electron chi connectivity index (χ3n) is 5.76. The third kappa shape index (κ3) is 3.62. The quantitative estimate of drug-likeness (QED) is 0.669. The molecule has 0 unspecified atom stereocenters. The van der Waals surface area contributed by atoms with Crippen LogP contribution in [0.15, 0.2) is 52.6 Å². The lowest BCUT2D eigenvalue weighted by Crippen LogP contribution is -2.37. The number of H-pyrrole nitrogens is 1. The average Bonchev–Trinajstić information content (AvgIpc) is 3.48. The molecule has 0 amide bonds. The number of hydrogen-bond acceptors (Lipinski definition) is 6. The number of aromatic amines is 1. The summed E-state index contributed by atoms with van der Waals surface area (Å²) in [4.78, 5) is 14.5. The van der Waals surface area contributed by atoms with Crippen LogP contribution in [0.3, 0.4) is 0 Å². The highest BCUT2D eigenvalue weighted by Crippen LogP contribution is 2.33. The van der Waals surface area contributed by atoms with Crippen molar-refractivity contribution in [2.24, 2.45) is 5.92 Å². The van der Waals surface area contributed by atoms with Crippen molar-refractivity contribution in [3.8, 4) is 0 Å². The minimum atomic E-state index is -3.65. The summed E-state index contributed by atoms with van der Waals surface area (Å²) in [5.74, 6) is 1.53. The fourth-order valence-electron chi connectivity index (χ4n) is 3.86. The molecule has 7 nitrogen and oxygen atoms in total. The fraction of sp³-hybridized carbons (Fsp3) is 0.429. The molecule has 3 aromatic rings. The van der Waals surface area contributed by atoms with Gasteiger partial charge in [-0.25, -0.2) is 18.4 Å². The lowest BCUT2D eigenvalue weighted by atomic mass is 10.1. The monoisotopic (exact) mass is 412 g/mol. The Hall–Kier alpha value is -2.45. The highest BCUT2D eigenvalue weighted by atomic mass is 32.2. The van der Waals surface area contributed by atoms with Gasteiger partial charge in [0.05, 0.1) is 11.0 Å².